The molecule has 0 spiro atoms. The largest absolute Gasteiger partial charge is 0.0996 e. The molecular weight excluding hydrogens is 120 g/mol. The third kappa shape index (κ3) is 4.37. The zero-order valence-corrected chi connectivity index (χ0v) is 7.41. The van der Waals surface area contributed by atoms with E-state index in [2.05, 4.69) is 33.4 Å². The Bertz CT molecular complexity index is 129. The van der Waals surface area contributed by atoms with Gasteiger partial charge in [-0.25, -0.2) is 0 Å². The van der Waals surface area contributed by atoms with Crippen LogP contribution in [0.15, 0.2) is 23.8 Å². The van der Waals surface area contributed by atoms with Crippen LogP contribution in [0.3, 0.4) is 0 Å². The molecule has 0 nitrogen and oxygen atoms in total. The first-order valence-corrected chi connectivity index (χ1v) is 4.03. The van der Waals surface area contributed by atoms with E-state index in [1.165, 1.54) is 11.1 Å². The second-order valence-electron chi connectivity index (χ2n) is 2.71. The Morgan fingerprint density at radius 3 is 2.30 bits per heavy atom. The average molecular weight is 138 g/mol. The number of allylic oxidation sites excluding steroid dienone is 3. The fourth-order valence-corrected chi connectivity index (χ4v) is 0.607. The lowest BCUT2D eigenvalue weighted by Crippen LogP contribution is -1.77. The van der Waals surface area contributed by atoms with E-state index >= 15 is 0 Å². The fourth-order valence-electron chi connectivity index (χ4n) is 0.607. The topological polar surface area (TPSA) is 0 Å². The molecule has 0 rings (SSSR count). The van der Waals surface area contributed by atoms with Crippen molar-refractivity contribution in [3.63, 3.8) is 0 Å². The lowest BCUT2D eigenvalue weighted by molar-refractivity contribution is 1.01. The Kier molecular flexibility index (Phi) is 5.00. The van der Waals surface area contributed by atoms with E-state index in [9.17, 15) is 0 Å². The summed E-state index contributed by atoms with van der Waals surface area (Å²) in [6.45, 7) is 10.4. The van der Waals surface area contributed by atoms with E-state index in [4.69, 9.17) is 0 Å². The van der Waals surface area contributed by atoms with Crippen molar-refractivity contribution in [2.24, 2.45) is 0 Å². The van der Waals surface area contributed by atoms with Crippen LogP contribution in [0.5, 0.6) is 0 Å². The van der Waals surface area contributed by atoms with Gasteiger partial charge in [0.15, 0.2) is 0 Å². The van der Waals surface area contributed by atoms with E-state index in [1.807, 2.05) is 0 Å². The van der Waals surface area contributed by atoms with Gasteiger partial charge >= 0.3 is 0 Å². The van der Waals surface area contributed by atoms with Crippen molar-refractivity contribution in [2.45, 2.75) is 40.0 Å². The predicted octanol–water partition coefficient (Wildman–Crippen LogP) is 3.70. The summed E-state index contributed by atoms with van der Waals surface area (Å²) in [6.07, 6.45) is 5.60. The molecule has 0 aromatic rings. The molecule has 0 saturated carbocycles. The Morgan fingerprint density at radius 1 is 1.30 bits per heavy atom. The van der Waals surface area contributed by atoms with E-state index in [0.29, 0.717) is 0 Å². The molecule has 0 heteroatoms. The summed E-state index contributed by atoms with van der Waals surface area (Å²) in [5, 5.41) is 0. The average Bonchev–Trinajstić information content (AvgIpc) is 1.99. The van der Waals surface area contributed by atoms with Crippen LogP contribution in [0.2, 0.25) is 0 Å². The third-order valence-corrected chi connectivity index (χ3v) is 1.80. The van der Waals surface area contributed by atoms with Crippen LogP contribution >= 0.6 is 0 Å². The summed E-state index contributed by atoms with van der Waals surface area (Å²) in [5.41, 5.74) is 2.79. The van der Waals surface area contributed by atoms with Crippen LogP contribution in [-0.4, -0.2) is 0 Å². The maximum absolute atomic E-state index is 3.93. The number of hydrogen-bond acceptors (Lipinski definition) is 0. The molecule has 0 heterocycles. The van der Waals surface area contributed by atoms with Gasteiger partial charge in [-0.1, -0.05) is 37.6 Å². The van der Waals surface area contributed by atoms with E-state index in [-0.39, 0.29) is 0 Å². The molecule has 0 aliphatic heterocycles. The highest BCUT2D eigenvalue weighted by atomic mass is 13.9. The first kappa shape index (κ1) is 9.48. The summed E-state index contributed by atoms with van der Waals surface area (Å²) in [5.74, 6) is 0. The molecule has 0 radical (unpaired) electrons. The first-order valence-electron chi connectivity index (χ1n) is 4.03. The SMILES string of the molecule is C=C(CC)CC=C(C)CC. The van der Waals surface area contributed by atoms with Gasteiger partial charge in [0.1, 0.15) is 0 Å². The molecule has 10 heavy (non-hydrogen) atoms. The summed E-state index contributed by atoms with van der Waals surface area (Å²) >= 11 is 0. The van der Waals surface area contributed by atoms with Gasteiger partial charge in [-0.05, 0) is 26.2 Å². The molecule has 0 aliphatic carbocycles. The standard InChI is InChI=1S/C10H18/c1-5-9(3)7-8-10(4)6-2/h8H,3,5-7H2,1-2,4H3. The van der Waals surface area contributed by atoms with E-state index in [1.54, 1.807) is 0 Å². The summed E-state index contributed by atoms with van der Waals surface area (Å²) in [6, 6.07) is 0. The molecule has 0 N–H and O–H groups in total. The summed E-state index contributed by atoms with van der Waals surface area (Å²) in [4.78, 5) is 0. The Morgan fingerprint density at radius 2 is 1.90 bits per heavy atom. The molecule has 0 aromatic carbocycles. The van der Waals surface area contributed by atoms with Crippen molar-refractivity contribution in [2.75, 3.05) is 0 Å². The Labute approximate surface area is 64.6 Å². The van der Waals surface area contributed by atoms with Gasteiger partial charge in [0, 0.05) is 0 Å². The van der Waals surface area contributed by atoms with Gasteiger partial charge in [0.2, 0.25) is 0 Å². The van der Waals surface area contributed by atoms with Crippen LogP contribution in [0, 0.1) is 0 Å². The molecule has 0 atom stereocenters. The van der Waals surface area contributed by atoms with Crippen molar-refractivity contribution < 1.29 is 0 Å². The smallest absolute Gasteiger partial charge is 0.0139 e. The molecule has 0 unspecified atom stereocenters. The minimum Gasteiger partial charge on any atom is -0.0996 e. The quantitative estimate of drug-likeness (QED) is 0.520. The lowest BCUT2D eigenvalue weighted by atomic mass is 10.1. The van der Waals surface area contributed by atoms with Gasteiger partial charge in [0.05, 0.1) is 0 Å². The predicted molar refractivity (Wildman–Crippen MR) is 48.1 cm³/mol. The maximum atomic E-state index is 3.93. The van der Waals surface area contributed by atoms with Gasteiger partial charge < -0.3 is 0 Å². The molecule has 58 valence electrons. The number of hydrogen-bond donors (Lipinski definition) is 0. The van der Waals surface area contributed by atoms with Crippen LogP contribution < -0.4 is 0 Å². The first-order chi connectivity index (χ1) is 4.70. The molecule has 0 saturated heterocycles. The van der Waals surface area contributed by atoms with Crippen LogP contribution in [0.4, 0.5) is 0 Å². The second kappa shape index (κ2) is 5.28. The van der Waals surface area contributed by atoms with Gasteiger partial charge in [-0.3, -0.25) is 0 Å². The minimum absolute atomic E-state index is 1.07. The monoisotopic (exact) mass is 138 g/mol. The van der Waals surface area contributed by atoms with Crippen LogP contribution in [-0.2, 0) is 0 Å². The van der Waals surface area contributed by atoms with Gasteiger partial charge in [-0.15, -0.1) is 0 Å². The highest BCUT2D eigenvalue weighted by molar-refractivity contribution is 5.06. The fraction of sp³-hybridized carbons (Fsp3) is 0.600. The summed E-state index contributed by atoms with van der Waals surface area (Å²) in [7, 11) is 0. The Hall–Kier alpha value is -0.520. The zero-order valence-electron chi connectivity index (χ0n) is 7.41. The molecule has 0 amide bonds. The van der Waals surface area contributed by atoms with Crippen molar-refractivity contribution >= 4 is 0 Å². The van der Waals surface area contributed by atoms with Crippen molar-refractivity contribution in [1.82, 2.24) is 0 Å². The molecule has 0 fully saturated rings. The normalized spacial score (nSPS) is 11.7. The molecule has 0 aromatic heterocycles. The van der Waals surface area contributed by atoms with Gasteiger partial charge in [0.25, 0.3) is 0 Å². The molecule has 0 bridgehead atoms. The van der Waals surface area contributed by atoms with Crippen molar-refractivity contribution in [1.29, 1.82) is 0 Å². The molecule has 0 aliphatic rings. The number of rotatable bonds is 4. The maximum Gasteiger partial charge on any atom is -0.0139 e. The summed E-state index contributed by atoms with van der Waals surface area (Å²) < 4.78 is 0. The third-order valence-electron chi connectivity index (χ3n) is 1.80. The zero-order chi connectivity index (χ0) is 7.98. The van der Waals surface area contributed by atoms with Gasteiger partial charge in [-0.2, -0.15) is 0 Å². The van der Waals surface area contributed by atoms with Crippen LogP contribution in [0.25, 0.3) is 0 Å². The molecular formula is C10H18. The minimum atomic E-state index is 1.07. The van der Waals surface area contributed by atoms with Crippen LogP contribution in [0.1, 0.15) is 40.0 Å². The van der Waals surface area contributed by atoms with Crippen molar-refractivity contribution in [3.05, 3.63) is 23.8 Å². The van der Waals surface area contributed by atoms with Crippen molar-refractivity contribution in [3.8, 4) is 0 Å². The van der Waals surface area contributed by atoms with E-state index < -0.39 is 0 Å². The van der Waals surface area contributed by atoms with E-state index in [0.717, 1.165) is 19.3 Å². The lowest BCUT2D eigenvalue weighted by Gasteiger charge is -1.97. The highest BCUT2D eigenvalue weighted by Crippen LogP contribution is 2.07. The Balaban J connectivity index is 3.61. The highest BCUT2D eigenvalue weighted by Gasteiger charge is 1.87. The second-order valence-corrected chi connectivity index (χ2v) is 2.71.